The van der Waals surface area contributed by atoms with E-state index in [1.807, 2.05) is 18.2 Å². The van der Waals surface area contributed by atoms with E-state index in [1.165, 1.54) is 0 Å². The number of fused-ring (bicyclic) bond motifs is 1. The molecule has 100 valence electrons. The largest absolute Gasteiger partial charge is 0.309 e. The molecule has 1 amide bonds. The van der Waals surface area contributed by atoms with Crippen LogP contribution in [-0.4, -0.2) is 18.7 Å². The van der Waals surface area contributed by atoms with Crippen LogP contribution in [0.5, 0.6) is 0 Å². The Hall–Kier alpha value is -1.65. The van der Waals surface area contributed by atoms with E-state index in [0.29, 0.717) is 16.4 Å². The minimum absolute atomic E-state index is 0.104. The van der Waals surface area contributed by atoms with Crippen molar-refractivity contribution in [3.05, 3.63) is 57.5 Å². The number of likely N-dealkylation sites (N-methyl/N-ethyl adjacent to an activating group) is 1. The summed E-state index contributed by atoms with van der Waals surface area (Å²) in [5.74, 6) is -0.104. The highest BCUT2D eigenvalue weighted by Gasteiger charge is 2.31. The van der Waals surface area contributed by atoms with Gasteiger partial charge in [0.05, 0.1) is 11.4 Å². The average Bonchev–Trinajstić information content (AvgIpc) is 2.66. The second-order valence-corrected chi connectivity index (χ2v) is 5.81. The van der Waals surface area contributed by atoms with Crippen molar-refractivity contribution in [3.8, 4) is 0 Å². The van der Waals surface area contributed by atoms with Crippen molar-refractivity contribution in [2.24, 2.45) is 4.99 Å². The number of nitrogens with zero attached hydrogens (tertiary/aromatic N) is 2. The summed E-state index contributed by atoms with van der Waals surface area (Å²) in [5, 5.41) is 0.645. The van der Waals surface area contributed by atoms with Crippen LogP contribution in [0.3, 0.4) is 0 Å². The summed E-state index contributed by atoms with van der Waals surface area (Å²) >= 11 is 9.28. The Kier molecular flexibility index (Phi) is 3.36. The van der Waals surface area contributed by atoms with Crippen molar-refractivity contribution < 1.29 is 4.79 Å². The van der Waals surface area contributed by atoms with Crippen molar-refractivity contribution in [1.29, 1.82) is 0 Å². The smallest absolute Gasteiger partial charge is 0.277 e. The van der Waals surface area contributed by atoms with Crippen LogP contribution in [0.1, 0.15) is 5.56 Å². The van der Waals surface area contributed by atoms with Gasteiger partial charge in [0.2, 0.25) is 0 Å². The number of benzene rings is 2. The molecule has 0 radical (unpaired) electrons. The fourth-order valence-electron chi connectivity index (χ4n) is 2.13. The van der Waals surface area contributed by atoms with Crippen LogP contribution in [0, 0.1) is 0 Å². The van der Waals surface area contributed by atoms with Crippen LogP contribution < -0.4 is 4.90 Å². The highest BCUT2D eigenvalue weighted by molar-refractivity contribution is 9.10. The zero-order valence-electron chi connectivity index (χ0n) is 10.6. The number of carbonyl (C=O) groups excluding carboxylic acids is 1. The molecule has 1 heterocycles. The summed E-state index contributed by atoms with van der Waals surface area (Å²) in [7, 11) is 1.75. The van der Waals surface area contributed by atoms with E-state index in [4.69, 9.17) is 11.6 Å². The lowest BCUT2D eigenvalue weighted by molar-refractivity contribution is -0.111. The van der Waals surface area contributed by atoms with Gasteiger partial charge >= 0.3 is 0 Å². The lowest BCUT2D eigenvalue weighted by Gasteiger charge is -2.08. The predicted octanol–water partition coefficient (Wildman–Crippen LogP) is 4.20. The zero-order valence-corrected chi connectivity index (χ0v) is 12.9. The van der Waals surface area contributed by atoms with E-state index in [0.717, 1.165) is 15.7 Å². The van der Waals surface area contributed by atoms with Crippen LogP contribution in [-0.2, 0) is 4.79 Å². The molecule has 5 heteroatoms. The molecule has 0 bridgehead atoms. The van der Waals surface area contributed by atoms with E-state index in [2.05, 4.69) is 20.9 Å². The molecule has 0 aromatic heterocycles. The first-order valence-electron chi connectivity index (χ1n) is 5.98. The first-order chi connectivity index (χ1) is 9.56. The van der Waals surface area contributed by atoms with E-state index >= 15 is 0 Å². The third-order valence-corrected chi connectivity index (χ3v) is 3.90. The highest BCUT2D eigenvalue weighted by atomic mass is 79.9. The van der Waals surface area contributed by atoms with Crippen LogP contribution in [0.15, 0.2) is 51.9 Å². The second kappa shape index (κ2) is 5.04. The Morgan fingerprint density at radius 1 is 1.15 bits per heavy atom. The van der Waals surface area contributed by atoms with Crippen LogP contribution in [0.25, 0.3) is 0 Å². The number of rotatable bonds is 1. The number of hydrogen-bond acceptors (Lipinski definition) is 2. The van der Waals surface area contributed by atoms with Crippen LogP contribution in [0.2, 0.25) is 5.02 Å². The molecule has 0 saturated heterocycles. The molecule has 0 aliphatic carbocycles. The summed E-state index contributed by atoms with van der Waals surface area (Å²) < 4.78 is 0.920. The minimum Gasteiger partial charge on any atom is -0.309 e. The molecule has 0 atom stereocenters. The van der Waals surface area contributed by atoms with Crippen molar-refractivity contribution in [2.45, 2.75) is 0 Å². The summed E-state index contributed by atoms with van der Waals surface area (Å²) in [5.41, 5.74) is 2.86. The lowest BCUT2D eigenvalue weighted by atomic mass is 10.1. The summed E-state index contributed by atoms with van der Waals surface area (Å²) in [4.78, 5) is 18.4. The second-order valence-electron chi connectivity index (χ2n) is 4.46. The molecule has 0 N–H and O–H groups in total. The normalized spacial score (nSPS) is 15.8. The number of amides is 1. The topological polar surface area (TPSA) is 32.7 Å². The lowest BCUT2D eigenvalue weighted by Crippen LogP contribution is -2.25. The van der Waals surface area contributed by atoms with E-state index in [1.54, 1.807) is 36.2 Å². The minimum atomic E-state index is -0.104. The molecule has 0 fully saturated rings. The standard InChI is InChI=1S/C15H10BrClN2O/c1-19-13-7-2-9(16)8-12(13)14(15(19)20)18-11-5-3-10(17)4-6-11/h2-8H,1H3. The average molecular weight is 350 g/mol. The van der Waals surface area contributed by atoms with Crippen LogP contribution >= 0.6 is 27.5 Å². The summed E-state index contributed by atoms with van der Waals surface area (Å²) in [6.45, 7) is 0. The molecular formula is C15H10BrClN2O. The first-order valence-corrected chi connectivity index (χ1v) is 7.15. The molecular weight excluding hydrogens is 340 g/mol. The number of aliphatic imine (C=N–C) groups is 1. The molecule has 1 aliphatic rings. The molecule has 3 rings (SSSR count). The van der Waals surface area contributed by atoms with Gasteiger partial charge in [-0.05, 0) is 42.5 Å². The van der Waals surface area contributed by atoms with Gasteiger partial charge in [-0.25, -0.2) is 4.99 Å². The molecule has 20 heavy (non-hydrogen) atoms. The Labute approximate surface area is 130 Å². The predicted molar refractivity (Wildman–Crippen MR) is 85.2 cm³/mol. The third kappa shape index (κ3) is 2.25. The Bertz CT molecular complexity index is 725. The Balaban J connectivity index is 2.13. The van der Waals surface area contributed by atoms with Gasteiger partial charge in [0.1, 0.15) is 5.71 Å². The monoisotopic (exact) mass is 348 g/mol. The maximum Gasteiger partial charge on any atom is 0.277 e. The van der Waals surface area contributed by atoms with E-state index < -0.39 is 0 Å². The number of halogens is 2. The van der Waals surface area contributed by atoms with Gasteiger partial charge in [-0.2, -0.15) is 0 Å². The fourth-order valence-corrected chi connectivity index (χ4v) is 2.61. The highest BCUT2D eigenvalue weighted by Crippen LogP contribution is 2.32. The number of anilines is 1. The maximum atomic E-state index is 12.3. The molecule has 2 aromatic rings. The fraction of sp³-hybridized carbons (Fsp3) is 0.0667. The molecule has 0 spiro atoms. The van der Waals surface area contributed by atoms with Crippen molar-refractivity contribution in [3.63, 3.8) is 0 Å². The molecule has 1 aliphatic heterocycles. The molecule has 0 saturated carbocycles. The SMILES string of the molecule is CN1C(=O)C(=Nc2ccc(Cl)cc2)c2cc(Br)ccc21. The number of carbonyl (C=O) groups is 1. The third-order valence-electron chi connectivity index (χ3n) is 3.15. The van der Waals surface area contributed by atoms with Gasteiger partial charge in [0, 0.05) is 22.1 Å². The van der Waals surface area contributed by atoms with Gasteiger partial charge in [-0.1, -0.05) is 27.5 Å². The first kappa shape index (κ1) is 13.3. The van der Waals surface area contributed by atoms with Crippen molar-refractivity contribution in [2.75, 3.05) is 11.9 Å². The van der Waals surface area contributed by atoms with Gasteiger partial charge in [-0.3, -0.25) is 4.79 Å². The summed E-state index contributed by atoms with van der Waals surface area (Å²) in [6, 6.07) is 12.8. The van der Waals surface area contributed by atoms with E-state index in [9.17, 15) is 4.79 Å². The van der Waals surface area contributed by atoms with Gasteiger partial charge in [0.25, 0.3) is 5.91 Å². The molecule has 2 aromatic carbocycles. The van der Waals surface area contributed by atoms with Gasteiger partial charge in [0.15, 0.2) is 0 Å². The molecule has 3 nitrogen and oxygen atoms in total. The van der Waals surface area contributed by atoms with Crippen LogP contribution in [0.4, 0.5) is 11.4 Å². The molecule has 0 unspecified atom stereocenters. The van der Waals surface area contributed by atoms with Crippen molar-refractivity contribution in [1.82, 2.24) is 0 Å². The Morgan fingerprint density at radius 2 is 1.85 bits per heavy atom. The zero-order chi connectivity index (χ0) is 14.3. The van der Waals surface area contributed by atoms with Gasteiger partial charge in [-0.15, -0.1) is 0 Å². The van der Waals surface area contributed by atoms with E-state index in [-0.39, 0.29) is 5.91 Å². The quantitative estimate of drug-likeness (QED) is 0.759. The maximum absolute atomic E-state index is 12.3. The Morgan fingerprint density at radius 3 is 2.55 bits per heavy atom. The van der Waals surface area contributed by atoms with Crippen molar-refractivity contribution >= 4 is 50.5 Å². The number of hydrogen-bond donors (Lipinski definition) is 0. The van der Waals surface area contributed by atoms with Gasteiger partial charge < -0.3 is 4.90 Å². The summed E-state index contributed by atoms with van der Waals surface area (Å²) in [6.07, 6.45) is 0.